The summed E-state index contributed by atoms with van der Waals surface area (Å²) in [5, 5.41) is 2.31. The number of hydrogen-bond donors (Lipinski definition) is 2. The fourth-order valence-corrected chi connectivity index (χ4v) is 3.88. The van der Waals surface area contributed by atoms with Gasteiger partial charge in [-0.2, -0.15) is 0 Å². The lowest BCUT2D eigenvalue weighted by atomic mass is 9.46. The number of anilines is 1. The van der Waals surface area contributed by atoms with Crippen LogP contribution in [0.5, 0.6) is 0 Å². The summed E-state index contributed by atoms with van der Waals surface area (Å²) in [4.78, 5) is 12.7. The van der Waals surface area contributed by atoms with Crippen molar-refractivity contribution in [3.63, 3.8) is 0 Å². The van der Waals surface area contributed by atoms with Gasteiger partial charge in [-0.3, -0.25) is 4.79 Å². The van der Waals surface area contributed by atoms with Crippen LogP contribution in [0.25, 0.3) is 0 Å². The average molecular weight is 365 g/mol. The molecular weight excluding hydrogens is 345 g/mol. The van der Waals surface area contributed by atoms with Gasteiger partial charge in [0.25, 0.3) is 0 Å². The molecule has 24 heavy (non-hydrogen) atoms. The van der Waals surface area contributed by atoms with Crippen molar-refractivity contribution in [3.8, 4) is 0 Å². The summed E-state index contributed by atoms with van der Waals surface area (Å²) in [6.07, 6.45) is 1.39. The lowest BCUT2D eigenvalue weighted by molar-refractivity contribution is -0.222. The van der Waals surface area contributed by atoms with Gasteiger partial charge in [0.2, 0.25) is 5.91 Å². The summed E-state index contributed by atoms with van der Waals surface area (Å²) in [5.74, 6) is -4.39. The fraction of sp³-hybridized carbons (Fsp3) is 0.562. The van der Waals surface area contributed by atoms with Gasteiger partial charge in [0.1, 0.15) is 11.4 Å². The zero-order valence-corrected chi connectivity index (χ0v) is 14.2. The molecule has 0 aromatic heterocycles. The second kappa shape index (κ2) is 6.20. The Kier molecular flexibility index (Phi) is 4.92. The molecule has 1 aromatic carbocycles. The van der Waals surface area contributed by atoms with E-state index in [1.54, 1.807) is 0 Å². The van der Waals surface area contributed by atoms with E-state index >= 15 is 0 Å². The molecular formula is C16H20ClF3N2O2. The molecule has 1 heterocycles. The number of carbonyl (C=O) groups is 1. The molecule has 3 rings (SSSR count). The Morgan fingerprint density at radius 2 is 1.88 bits per heavy atom. The van der Waals surface area contributed by atoms with E-state index in [2.05, 4.69) is 5.32 Å². The van der Waals surface area contributed by atoms with E-state index in [0.29, 0.717) is 18.7 Å². The Labute approximate surface area is 144 Å². The summed E-state index contributed by atoms with van der Waals surface area (Å²) in [7, 11) is 0. The second-order valence-electron chi connectivity index (χ2n) is 6.83. The predicted octanol–water partition coefficient (Wildman–Crippen LogP) is 3.00. The monoisotopic (exact) mass is 364 g/mol. The third-order valence-corrected chi connectivity index (χ3v) is 5.32. The van der Waals surface area contributed by atoms with Gasteiger partial charge in [0.05, 0.1) is 11.8 Å². The molecule has 0 radical (unpaired) electrons. The standard InChI is InChI=1S/C16H19F3N2O2.ClH/c1-15(2)13-8(4-3-5-23-13)16(15,20)14(22)21-12-7-10(18)9(17)6-11(12)19;/h6-8,13H,3-5,20H2,1-2H3,(H,21,22);1H. The maximum atomic E-state index is 13.7. The van der Waals surface area contributed by atoms with Gasteiger partial charge in [-0.15, -0.1) is 12.4 Å². The highest BCUT2D eigenvalue weighted by Gasteiger charge is 2.70. The second-order valence-corrected chi connectivity index (χ2v) is 6.83. The van der Waals surface area contributed by atoms with Crippen molar-refractivity contribution < 1.29 is 22.7 Å². The number of carbonyl (C=O) groups excluding carboxylic acids is 1. The first-order valence-corrected chi connectivity index (χ1v) is 7.56. The lowest BCUT2D eigenvalue weighted by Gasteiger charge is -2.65. The van der Waals surface area contributed by atoms with Gasteiger partial charge < -0.3 is 15.8 Å². The maximum absolute atomic E-state index is 13.7. The molecule has 1 saturated heterocycles. The van der Waals surface area contributed by atoms with Gasteiger partial charge in [0.15, 0.2) is 11.6 Å². The zero-order chi connectivity index (χ0) is 17.0. The van der Waals surface area contributed by atoms with Crippen molar-refractivity contribution in [1.82, 2.24) is 0 Å². The van der Waals surface area contributed by atoms with Crippen molar-refractivity contribution in [2.75, 3.05) is 11.9 Å². The highest BCUT2D eigenvalue weighted by Crippen LogP contribution is 2.57. The summed E-state index contributed by atoms with van der Waals surface area (Å²) in [5.41, 5.74) is 4.04. The molecule has 0 spiro atoms. The molecule has 3 atom stereocenters. The summed E-state index contributed by atoms with van der Waals surface area (Å²) in [6.45, 7) is 4.27. The highest BCUT2D eigenvalue weighted by molar-refractivity contribution is 6.00. The molecule has 3 unspecified atom stereocenters. The molecule has 1 aromatic rings. The molecule has 1 aliphatic heterocycles. The van der Waals surface area contributed by atoms with E-state index in [4.69, 9.17) is 10.5 Å². The molecule has 4 nitrogen and oxygen atoms in total. The minimum atomic E-state index is -1.31. The molecule has 3 N–H and O–H groups in total. The lowest BCUT2D eigenvalue weighted by Crippen LogP contribution is -2.81. The summed E-state index contributed by atoms with van der Waals surface area (Å²) < 4.78 is 45.7. The first-order valence-electron chi connectivity index (χ1n) is 7.56. The molecule has 0 bridgehead atoms. The third-order valence-electron chi connectivity index (χ3n) is 5.32. The van der Waals surface area contributed by atoms with Crippen LogP contribution in [0, 0.1) is 28.8 Å². The maximum Gasteiger partial charge on any atom is 0.245 e. The van der Waals surface area contributed by atoms with Gasteiger partial charge in [-0.05, 0) is 12.8 Å². The van der Waals surface area contributed by atoms with Crippen LogP contribution in [0.4, 0.5) is 18.9 Å². The van der Waals surface area contributed by atoms with Crippen LogP contribution in [0.15, 0.2) is 12.1 Å². The van der Waals surface area contributed by atoms with Crippen LogP contribution < -0.4 is 11.1 Å². The largest absolute Gasteiger partial charge is 0.377 e. The molecule has 1 amide bonds. The van der Waals surface area contributed by atoms with Crippen LogP contribution in [0.3, 0.4) is 0 Å². The topological polar surface area (TPSA) is 64.3 Å². The number of halogens is 4. The van der Waals surface area contributed by atoms with Gasteiger partial charge in [0, 0.05) is 30.1 Å². The van der Waals surface area contributed by atoms with Crippen LogP contribution in [-0.2, 0) is 9.53 Å². The van der Waals surface area contributed by atoms with E-state index < -0.39 is 40.0 Å². The fourth-order valence-electron chi connectivity index (χ4n) is 3.88. The summed E-state index contributed by atoms with van der Waals surface area (Å²) >= 11 is 0. The van der Waals surface area contributed by atoms with Crippen molar-refractivity contribution in [3.05, 3.63) is 29.6 Å². The Bertz CT molecular complexity index is 671. The highest BCUT2D eigenvalue weighted by atomic mass is 35.5. The zero-order valence-electron chi connectivity index (χ0n) is 13.4. The number of amides is 1. The van der Waals surface area contributed by atoms with E-state index in [1.807, 2.05) is 13.8 Å². The van der Waals surface area contributed by atoms with Crippen LogP contribution in [0.1, 0.15) is 26.7 Å². The van der Waals surface area contributed by atoms with Crippen molar-refractivity contribution >= 4 is 24.0 Å². The average Bonchev–Trinajstić information content (AvgIpc) is 2.51. The smallest absolute Gasteiger partial charge is 0.245 e. The van der Waals surface area contributed by atoms with E-state index in [0.717, 1.165) is 12.8 Å². The minimum Gasteiger partial charge on any atom is -0.377 e. The number of nitrogens with two attached hydrogens (primary N) is 1. The van der Waals surface area contributed by atoms with Crippen molar-refractivity contribution in [2.45, 2.75) is 38.3 Å². The molecule has 1 saturated carbocycles. The number of ether oxygens (including phenoxy) is 1. The molecule has 1 aliphatic carbocycles. The summed E-state index contributed by atoms with van der Waals surface area (Å²) in [6, 6.07) is 1.01. The molecule has 8 heteroatoms. The Morgan fingerprint density at radius 3 is 2.54 bits per heavy atom. The predicted molar refractivity (Wildman–Crippen MR) is 85.4 cm³/mol. The SMILES string of the molecule is CC1(C)C2OCCCC2C1(N)C(=O)Nc1cc(F)c(F)cc1F.Cl. The number of fused-ring (bicyclic) bond motifs is 1. The molecule has 134 valence electrons. The van der Waals surface area contributed by atoms with E-state index in [1.165, 1.54) is 0 Å². The number of benzene rings is 1. The molecule has 2 aliphatic rings. The number of hydrogen-bond acceptors (Lipinski definition) is 3. The Balaban J connectivity index is 0.00000208. The third kappa shape index (κ3) is 2.50. The first-order chi connectivity index (χ1) is 10.7. The Hall–Kier alpha value is -1.31. The van der Waals surface area contributed by atoms with Crippen molar-refractivity contribution in [2.24, 2.45) is 17.1 Å². The number of nitrogens with one attached hydrogen (secondary N) is 1. The Morgan fingerprint density at radius 1 is 1.25 bits per heavy atom. The van der Waals surface area contributed by atoms with E-state index in [9.17, 15) is 18.0 Å². The minimum absolute atomic E-state index is 0. The normalized spacial score (nSPS) is 30.6. The number of rotatable bonds is 2. The van der Waals surface area contributed by atoms with Gasteiger partial charge in [-0.25, -0.2) is 13.2 Å². The van der Waals surface area contributed by atoms with Crippen LogP contribution >= 0.6 is 12.4 Å². The van der Waals surface area contributed by atoms with E-state index in [-0.39, 0.29) is 24.4 Å². The first kappa shape index (κ1) is 19.0. The molecule has 2 fully saturated rings. The van der Waals surface area contributed by atoms with Crippen LogP contribution in [0.2, 0.25) is 0 Å². The van der Waals surface area contributed by atoms with Gasteiger partial charge in [-0.1, -0.05) is 13.8 Å². The van der Waals surface area contributed by atoms with Crippen molar-refractivity contribution in [1.29, 1.82) is 0 Å². The van der Waals surface area contributed by atoms with Crippen LogP contribution in [-0.4, -0.2) is 24.2 Å². The quantitative estimate of drug-likeness (QED) is 0.793. The van der Waals surface area contributed by atoms with Gasteiger partial charge >= 0.3 is 0 Å².